The molecule has 2 atom stereocenters. The highest BCUT2D eigenvalue weighted by molar-refractivity contribution is 6.30. The molecule has 0 bridgehead atoms. The van der Waals surface area contributed by atoms with E-state index in [1.807, 2.05) is 19.1 Å². The van der Waals surface area contributed by atoms with Gasteiger partial charge in [0.05, 0.1) is 5.92 Å². The van der Waals surface area contributed by atoms with E-state index in [4.69, 9.17) is 16.1 Å². The van der Waals surface area contributed by atoms with Crippen molar-refractivity contribution in [3.63, 3.8) is 0 Å². The Bertz CT molecular complexity index is 806. The minimum Gasteiger partial charge on any atom is -0.481 e. The lowest BCUT2D eigenvalue weighted by molar-refractivity contribution is -0.146. The van der Waals surface area contributed by atoms with E-state index in [9.17, 15) is 14.7 Å². The molecule has 1 aromatic heterocycles. The summed E-state index contributed by atoms with van der Waals surface area (Å²) in [7, 11) is 0. The van der Waals surface area contributed by atoms with Crippen LogP contribution in [0.1, 0.15) is 32.1 Å². The van der Waals surface area contributed by atoms with Crippen LogP contribution in [0.15, 0.2) is 28.8 Å². The Hall–Kier alpha value is -2.41. The number of halogens is 1. The van der Waals surface area contributed by atoms with Crippen LogP contribution in [0.3, 0.4) is 0 Å². The third-order valence-electron chi connectivity index (χ3n) is 4.71. The molecule has 1 aliphatic rings. The van der Waals surface area contributed by atoms with Crippen LogP contribution in [0.5, 0.6) is 0 Å². The van der Waals surface area contributed by atoms with Crippen LogP contribution >= 0.6 is 11.6 Å². The zero-order chi connectivity index (χ0) is 19.4. The molecule has 0 aliphatic carbocycles. The molecule has 2 heterocycles. The highest BCUT2D eigenvalue weighted by Crippen LogP contribution is 2.23. The number of nitrogens with zero attached hydrogens (tertiary/aromatic N) is 3. The Morgan fingerprint density at radius 2 is 2.04 bits per heavy atom. The smallest absolute Gasteiger partial charge is 0.308 e. The summed E-state index contributed by atoms with van der Waals surface area (Å²) in [6.07, 6.45) is 2.02. The van der Waals surface area contributed by atoms with Crippen molar-refractivity contribution >= 4 is 23.5 Å². The monoisotopic (exact) mass is 391 g/mol. The first-order valence-corrected chi connectivity index (χ1v) is 9.39. The first kappa shape index (κ1) is 19.4. The van der Waals surface area contributed by atoms with E-state index < -0.39 is 11.9 Å². The number of aryl methyl sites for hydroxylation is 1. The van der Waals surface area contributed by atoms with Crippen LogP contribution in [0.25, 0.3) is 11.4 Å². The molecule has 2 aromatic rings. The molecule has 2 unspecified atom stereocenters. The lowest BCUT2D eigenvalue weighted by Crippen LogP contribution is -2.45. The lowest BCUT2D eigenvalue weighted by atomic mass is 9.90. The van der Waals surface area contributed by atoms with Crippen molar-refractivity contribution in [2.45, 2.75) is 32.6 Å². The average Bonchev–Trinajstić information content (AvgIpc) is 3.10. The van der Waals surface area contributed by atoms with Gasteiger partial charge in [0.2, 0.25) is 17.6 Å². The number of carbonyl (C=O) groups excluding carboxylic acids is 1. The Morgan fingerprint density at radius 1 is 1.30 bits per heavy atom. The molecule has 3 rings (SSSR count). The normalized spacial score (nSPS) is 19.9. The molecule has 1 aliphatic heterocycles. The fourth-order valence-electron chi connectivity index (χ4n) is 3.36. The standard InChI is InChI=1S/C19H22ClN3O4/c1-12-9-14(19(25)26)11-23(10-12)17(24)4-2-3-16-21-18(22-27-16)13-5-7-15(20)8-6-13/h5-8,12,14H,2-4,9-11H2,1H3,(H,25,26). The van der Waals surface area contributed by atoms with Crippen LogP contribution in [-0.4, -0.2) is 45.1 Å². The number of carboxylic acids is 1. The molecule has 27 heavy (non-hydrogen) atoms. The van der Waals surface area contributed by atoms with Gasteiger partial charge in [-0.05, 0) is 43.0 Å². The Balaban J connectivity index is 1.50. The number of aliphatic carboxylic acids is 1. The summed E-state index contributed by atoms with van der Waals surface area (Å²) in [6, 6.07) is 7.15. The number of piperidine rings is 1. The van der Waals surface area contributed by atoms with Crippen LogP contribution in [0, 0.1) is 11.8 Å². The molecule has 1 N–H and O–H groups in total. The van der Waals surface area contributed by atoms with Gasteiger partial charge in [0.25, 0.3) is 0 Å². The second-order valence-electron chi connectivity index (χ2n) is 7.05. The maximum Gasteiger partial charge on any atom is 0.308 e. The third kappa shape index (κ3) is 5.07. The molecule has 0 saturated carbocycles. The fraction of sp³-hybridized carbons (Fsp3) is 0.474. The SMILES string of the molecule is CC1CC(C(=O)O)CN(C(=O)CCCc2nc(-c3ccc(Cl)cc3)no2)C1. The second kappa shape index (κ2) is 8.52. The number of likely N-dealkylation sites (tertiary alicyclic amines) is 1. The van der Waals surface area contributed by atoms with Crippen LogP contribution < -0.4 is 0 Å². The number of rotatable bonds is 6. The number of hydrogen-bond acceptors (Lipinski definition) is 5. The zero-order valence-corrected chi connectivity index (χ0v) is 15.9. The summed E-state index contributed by atoms with van der Waals surface area (Å²) < 4.78 is 5.25. The summed E-state index contributed by atoms with van der Waals surface area (Å²) in [6.45, 7) is 2.88. The van der Waals surface area contributed by atoms with Gasteiger partial charge in [0, 0.05) is 36.5 Å². The Labute approximate surface area is 162 Å². The predicted octanol–water partition coefficient (Wildman–Crippen LogP) is 3.28. The van der Waals surface area contributed by atoms with Gasteiger partial charge in [0.15, 0.2) is 0 Å². The maximum atomic E-state index is 12.4. The van der Waals surface area contributed by atoms with Gasteiger partial charge >= 0.3 is 5.97 Å². The minimum atomic E-state index is -0.833. The molecular formula is C19H22ClN3O4. The van der Waals surface area contributed by atoms with Gasteiger partial charge < -0.3 is 14.5 Å². The van der Waals surface area contributed by atoms with Gasteiger partial charge in [0.1, 0.15) is 0 Å². The summed E-state index contributed by atoms with van der Waals surface area (Å²) >= 11 is 5.87. The Morgan fingerprint density at radius 3 is 2.74 bits per heavy atom. The molecule has 0 radical (unpaired) electrons. The van der Waals surface area contributed by atoms with E-state index in [1.165, 1.54) is 0 Å². The molecule has 1 amide bonds. The first-order valence-electron chi connectivity index (χ1n) is 9.01. The predicted molar refractivity (Wildman–Crippen MR) is 99.2 cm³/mol. The van der Waals surface area contributed by atoms with Crippen molar-refractivity contribution in [2.75, 3.05) is 13.1 Å². The average molecular weight is 392 g/mol. The number of benzene rings is 1. The molecule has 0 spiro atoms. The van der Waals surface area contributed by atoms with E-state index in [1.54, 1.807) is 17.0 Å². The van der Waals surface area contributed by atoms with Crippen LogP contribution in [0.4, 0.5) is 0 Å². The topological polar surface area (TPSA) is 96.5 Å². The summed E-state index contributed by atoms with van der Waals surface area (Å²) in [5.74, 6) is -0.173. The van der Waals surface area contributed by atoms with Gasteiger partial charge in [-0.3, -0.25) is 9.59 Å². The fourth-order valence-corrected chi connectivity index (χ4v) is 3.48. The molecule has 1 fully saturated rings. The van der Waals surface area contributed by atoms with Crippen molar-refractivity contribution in [3.8, 4) is 11.4 Å². The van der Waals surface area contributed by atoms with Crippen molar-refractivity contribution < 1.29 is 19.2 Å². The van der Waals surface area contributed by atoms with Crippen molar-refractivity contribution in [3.05, 3.63) is 35.2 Å². The highest BCUT2D eigenvalue weighted by atomic mass is 35.5. The molecule has 1 saturated heterocycles. The van der Waals surface area contributed by atoms with E-state index in [0.29, 0.717) is 55.5 Å². The number of carbonyl (C=O) groups is 2. The number of amides is 1. The van der Waals surface area contributed by atoms with Gasteiger partial charge in [-0.1, -0.05) is 23.7 Å². The van der Waals surface area contributed by atoms with Crippen molar-refractivity contribution in [1.82, 2.24) is 15.0 Å². The maximum absolute atomic E-state index is 12.4. The van der Waals surface area contributed by atoms with Crippen molar-refractivity contribution in [1.29, 1.82) is 0 Å². The van der Waals surface area contributed by atoms with E-state index in [-0.39, 0.29) is 11.8 Å². The minimum absolute atomic E-state index is 0.0229. The van der Waals surface area contributed by atoms with E-state index in [2.05, 4.69) is 10.1 Å². The van der Waals surface area contributed by atoms with Gasteiger partial charge in [-0.15, -0.1) is 0 Å². The van der Waals surface area contributed by atoms with Crippen LogP contribution in [0.2, 0.25) is 5.02 Å². The Kier molecular flexibility index (Phi) is 6.11. The van der Waals surface area contributed by atoms with E-state index >= 15 is 0 Å². The molecule has 144 valence electrons. The first-order chi connectivity index (χ1) is 12.9. The number of aromatic nitrogens is 2. The van der Waals surface area contributed by atoms with E-state index in [0.717, 1.165) is 5.56 Å². The molecule has 8 heteroatoms. The summed E-state index contributed by atoms with van der Waals surface area (Å²) in [5.41, 5.74) is 0.812. The zero-order valence-electron chi connectivity index (χ0n) is 15.1. The second-order valence-corrected chi connectivity index (χ2v) is 7.48. The van der Waals surface area contributed by atoms with Crippen molar-refractivity contribution in [2.24, 2.45) is 11.8 Å². The van der Waals surface area contributed by atoms with Gasteiger partial charge in [-0.2, -0.15) is 4.98 Å². The molecular weight excluding hydrogens is 370 g/mol. The molecule has 1 aromatic carbocycles. The highest BCUT2D eigenvalue weighted by Gasteiger charge is 2.31. The summed E-state index contributed by atoms with van der Waals surface area (Å²) in [5, 5.41) is 13.8. The van der Waals surface area contributed by atoms with Crippen LogP contribution in [-0.2, 0) is 16.0 Å². The third-order valence-corrected chi connectivity index (χ3v) is 4.97. The number of hydrogen-bond donors (Lipinski definition) is 1. The quantitative estimate of drug-likeness (QED) is 0.811. The number of carboxylic acid groups (broad SMARTS) is 1. The largest absolute Gasteiger partial charge is 0.481 e. The molecule has 7 nitrogen and oxygen atoms in total. The summed E-state index contributed by atoms with van der Waals surface area (Å²) in [4.78, 5) is 29.7. The lowest BCUT2D eigenvalue weighted by Gasteiger charge is -2.34. The van der Waals surface area contributed by atoms with Gasteiger partial charge in [-0.25, -0.2) is 0 Å².